The number of benzene rings is 1. The van der Waals surface area contributed by atoms with Crippen molar-refractivity contribution in [3.63, 3.8) is 0 Å². The third kappa shape index (κ3) is 2.62. The van der Waals surface area contributed by atoms with Crippen LogP contribution in [-0.2, 0) is 4.79 Å². The molecule has 0 spiro atoms. The normalized spacial score (nSPS) is 25.5. The van der Waals surface area contributed by atoms with Crippen molar-refractivity contribution in [2.45, 2.75) is 51.6 Å². The summed E-state index contributed by atoms with van der Waals surface area (Å²) in [5, 5.41) is 2.91. The molecule has 1 aromatic rings. The molecule has 3 aliphatic rings. The summed E-state index contributed by atoms with van der Waals surface area (Å²) >= 11 is 0. The van der Waals surface area contributed by atoms with Gasteiger partial charge in [-0.3, -0.25) is 4.79 Å². The fourth-order valence-corrected chi connectivity index (χ4v) is 3.40. The molecule has 0 bridgehead atoms. The minimum atomic E-state index is 0.0801. The van der Waals surface area contributed by atoms with Crippen molar-refractivity contribution in [3.8, 4) is 11.5 Å². The van der Waals surface area contributed by atoms with Crippen molar-refractivity contribution >= 4 is 5.91 Å². The van der Waals surface area contributed by atoms with E-state index in [0.29, 0.717) is 18.4 Å². The maximum absolute atomic E-state index is 11.5. The van der Waals surface area contributed by atoms with Gasteiger partial charge in [-0.05, 0) is 50.5 Å². The number of nitrogens with one attached hydrogen (secondary N) is 1. The van der Waals surface area contributed by atoms with Crippen LogP contribution in [0.3, 0.4) is 0 Å². The minimum Gasteiger partial charge on any atom is -0.489 e. The molecule has 4 rings (SSSR count). The third-order valence-corrected chi connectivity index (χ3v) is 4.69. The Bertz CT molecular complexity index is 732. The fraction of sp³-hybridized carbons (Fsp3) is 0.421. The molecule has 0 radical (unpaired) electrons. The molecule has 2 heterocycles. The van der Waals surface area contributed by atoms with Crippen molar-refractivity contribution in [1.82, 2.24) is 5.32 Å². The number of hydrogen-bond donors (Lipinski definition) is 1. The predicted molar refractivity (Wildman–Crippen MR) is 87.3 cm³/mol. The average Bonchev–Trinajstić information content (AvgIpc) is 3.20. The van der Waals surface area contributed by atoms with Gasteiger partial charge in [0, 0.05) is 29.2 Å². The molecule has 1 aromatic carbocycles. The second-order valence-electron chi connectivity index (χ2n) is 6.43. The van der Waals surface area contributed by atoms with E-state index < -0.39 is 0 Å². The van der Waals surface area contributed by atoms with Gasteiger partial charge in [0.15, 0.2) is 0 Å². The van der Waals surface area contributed by atoms with Gasteiger partial charge in [0.25, 0.3) is 0 Å². The van der Waals surface area contributed by atoms with Gasteiger partial charge in [0.1, 0.15) is 23.4 Å². The zero-order chi connectivity index (χ0) is 16.0. The van der Waals surface area contributed by atoms with E-state index in [-0.39, 0.29) is 5.91 Å². The van der Waals surface area contributed by atoms with Gasteiger partial charge >= 0.3 is 0 Å². The molecule has 120 valence electrons. The van der Waals surface area contributed by atoms with Gasteiger partial charge in [0.2, 0.25) is 5.91 Å². The number of carbonyl (C=O) groups excluding carboxylic acids is 1. The monoisotopic (exact) mass is 311 g/mol. The molecule has 1 fully saturated rings. The first kappa shape index (κ1) is 14.4. The Morgan fingerprint density at radius 3 is 3.09 bits per heavy atom. The number of carbonyl (C=O) groups is 1. The van der Waals surface area contributed by atoms with Crippen LogP contribution in [0.4, 0.5) is 0 Å². The van der Waals surface area contributed by atoms with Crippen LogP contribution in [0.15, 0.2) is 41.3 Å². The smallest absolute Gasteiger partial charge is 0.224 e. The van der Waals surface area contributed by atoms with E-state index in [1.807, 2.05) is 19.1 Å². The zero-order valence-corrected chi connectivity index (χ0v) is 13.5. The SMILES string of the molecule is CC/C=C(/Oc1ccc2c(c1)[C@H]1CC1O2)C1=C(C)NC(=O)CC1. The Morgan fingerprint density at radius 1 is 1.43 bits per heavy atom. The van der Waals surface area contributed by atoms with Crippen molar-refractivity contribution in [2.24, 2.45) is 0 Å². The highest BCUT2D eigenvalue weighted by molar-refractivity contribution is 5.80. The number of amides is 1. The van der Waals surface area contributed by atoms with Crippen LogP contribution in [0.2, 0.25) is 0 Å². The summed E-state index contributed by atoms with van der Waals surface area (Å²) in [6.45, 7) is 4.02. The number of fused-ring (bicyclic) bond motifs is 3. The first-order valence-corrected chi connectivity index (χ1v) is 8.34. The molecule has 4 heteroatoms. The Kier molecular flexibility index (Phi) is 3.40. The highest BCUT2D eigenvalue weighted by Gasteiger charge is 2.48. The molecular formula is C19H21NO3. The molecule has 2 atom stereocenters. The van der Waals surface area contributed by atoms with E-state index in [1.165, 1.54) is 5.56 Å². The molecule has 1 N–H and O–H groups in total. The summed E-state index contributed by atoms with van der Waals surface area (Å²) in [7, 11) is 0. The van der Waals surface area contributed by atoms with Crippen molar-refractivity contribution < 1.29 is 14.3 Å². The molecule has 4 nitrogen and oxygen atoms in total. The van der Waals surface area contributed by atoms with E-state index in [4.69, 9.17) is 9.47 Å². The first-order chi connectivity index (χ1) is 11.2. The molecule has 0 saturated heterocycles. The van der Waals surface area contributed by atoms with Gasteiger partial charge in [-0.25, -0.2) is 0 Å². The third-order valence-electron chi connectivity index (χ3n) is 4.69. The predicted octanol–water partition coefficient (Wildman–Crippen LogP) is 3.79. The van der Waals surface area contributed by atoms with Crippen LogP contribution < -0.4 is 14.8 Å². The molecular weight excluding hydrogens is 290 g/mol. The van der Waals surface area contributed by atoms with Gasteiger partial charge in [-0.15, -0.1) is 0 Å². The second-order valence-corrected chi connectivity index (χ2v) is 6.43. The molecule has 2 aliphatic heterocycles. The summed E-state index contributed by atoms with van der Waals surface area (Å²) in [4.78, 5) is 11.5. The van der Waals surface area contributed by atoms with Crippen LogP contribution in [-0.4, -0.2) is 12.0 Å². The van der Waals surface area contributed by atoms with E-state index in [1.54, 1.807) is 0 Å². The van der Waals surface area contributed by atoms with Crippen molar-refractivity contribution in [2.75, 3.05) is 0 Å². The van der Waals surface area contributed by atoms with E-state index in [0.717, 1.165) is 47.8 Å². The molecule has 1 amide bonds. The van der Waals surface area contributed by atoms with Gasteiger partial charge in [-0.1, -0.05) is 6.92 Å². The standard InChI is InChI=1S/C19H21NO3/c1-3-4-16(13-6-8-19(21)20-11(13)2)22-12-5-7-17-14(9-12)15-10-18(15)23-17/h4-5,7,9,15,18H,3,6,8,10H2,1-2H3,(H,20,21)/b16-4+/t15-,18?/m1/s1. The molecule has 1 unspecified atom stereocenters. The summed E-state index contributed by atoms with van der Waals surface area (Å²) in [6.07, 6.45) is 5.73. The lowest BCUT2D eigenvalue weighted by Crippen LogP contribution is -2.27. The number of rotatable bonds is 4. The Hall–Kier alpha value is -2.23. The lowest BCUT2D eigenvalue weighted by molar-refractivity contribution is -0.120. The highest BCUT2D eigenvalue weighted by Crippen LogP contribution is 2.54. The maximum atomic E-state index is 11.5. The zero-order valence-electron chi connectivity index (χ0n) is 13.5. The fourth-order valence-electron chi connectivity index (χ4n) is 3.40. The molecule has 1 aliphatic carbocycles. The van der Waals surface area contributed by atoms with Crippen molar-refractivity contribution in [3.05, 3.63) is 46.9 Å². The summed E-state index contributed by atoms with van der Waals surface area (Å²) < 4.78 is 12.0. The lowest BCUT2D eigenvalue weighted by Gasteiger charge is -2.21. The van der Waals surface area contributed by atoms with Crippen LogP contribution in [0.1, 0.15) is 51.0 Å². The maximum Gasteiger partial charge on any atom is 0.224 e. The van der Waals surface area contributed by atoms with Crippen LogP contribution in [0, 0.1) is 0 Å². The second kappa shape index (κ2) is 5.44. The van der Waals surface area contributed by atoms with E-state index in [2.05, 4.69) is 24.4 Å². The minimum absolute atomic E-state index is 0.0801. The molecule has 1 saturated carbocycles. The quantitative estimate of drug-likeness (QED) is 0.861. The molecule has 0 aromatic heterocycles. The van der Waals surface area contributed by atoms with Crippen LogP contribution >= 0.6 is 0 Å². The number of hydrogen-bond acceptors (Lipinski definition) is 3. The highest BCUT2D eigenvalue weighted by atomic mass is 16.5. The van der Waals surface area contributed by atoms with E-state index in [9.17, 15) is 4.79 Å². The van der Waals surface area contributed by atoms with Gasteiger partial charge < -0.3 is 14.8 Å². The summed E-state index contributed by atoms with van der Waals surface area (Å²) in [5.41, 5.74) is 3.26. The Morgan fingerprint density at radius 2 is 2.30 bits per heavy atom. The number of ether oxygens (including phenoxy) is 2. The van der Waals surface area contributed by atoms with Gasteiger partial charge in [-0.2, -0.15) is 0 Å². The first-order valence-electron chi connectivity index (χ1n) is 8.34. The van der Waals surface area contributed by atoms with Gasteiger partial charge in [0.05, 0.1) is 0 Å². The summed E-state index contributed by atoms with van der Waals surface area (Å²) in [6, 6.07) is 6.07. The largest absolute Gasteiger partial charge is 0.489 e. The topological polar surface area (TPSA) is 47.6 Å². The summed E-state index contributed by atoms with van der Waals surface area (Å²) in [5.74, 6) is 3.34. The van der Waals surface area contributed by atoms with Crippen LogP contribution in [0.5, 0.6) is 11.5 Å². The molecule has 23 heavy (non-hydrogen) atoms. The van der Waals surface area contributed by atoms with Crippen LogP contribution in [0.25, 0.3) is 0 Å². The van der Waals surface area contributed by atoms with E-state index >= 15 is 0 Å². The lowest BCUT2D eigenvalue weighted by atomic mass is 10.0. The van der Waals surface area contributed by atoms with Crippen molar-refractivity contribution in [1.29, 1.82) is 0 Å². The average molecular weight is 311 g/mol. The Balaban J connectivity index is 1.60. The Labute approximate surface area is 136 Å². The number of allylic oxidation sites excluding steroid dienone is 3.